The normalized spacial score (nSPS) is 24.1. The minimum atomic E-state index is -2.52. The van der Waals surface area contributed by atoms with Crippen LogP contribution in [0.2, 0.25) is 0 Å². The maximum absolute atomic E-state index is 12.3. The molecule has 2 rings (SSSR count). The van der Waals surface area contributed by atoms with Gasteiger partial charge in [-0.05, 0) is 24.0 Å². The van der Waals surface area contributed by atoms with Gasteiger partial charge in [-0.25, -0.2) is 8.78 Å². The number of halogens is 2. The molecule has 2 atom stereocenters. The third-order valence-electron chi connectivity index (χ3n) is 2.77. The van der Waals surface area contributed by atoms with Crippen molar-refractivity contribution >= 4 is 10.7 Å². The van der Waals surface area contributed by atoms with Crippen molar-refractivity contribution in [1.29, 1.82) is 5.26 Å². The zero-order valence-corrected chi connectivity index (χ0v) is 9.83. The Kier molecular flexibility index (Phi) is 3.79. The molecule has 17 heavy (non-hydrogen) atoms. The first-order valence-electron chi connectivity index (χ1n) is 5.22. The Bertz CT molecular complexity index is 465. The second-order valence-electron chi connectivity index (χ2n) is 3.83. The molecule has 0 spiro atoms. The number of nitrogens with zero attached hydrogens (tertiary/aromatic N) is 3. The molecular weight excluding hydrogens is 244 g/mol. The molecule has 6 heteroatoms. The van der Waals surface area contributed by atoms with Crippen LogP contribution >= 0.6 is 0 Å². The van der Waals surface area contributed by atoms with Gasteiger partial charge >= 0.3 is 0 Å². The molecule has 90 valence electrons. The summed E-state index contributed by atoms with van der Waals surface area (Å²) in [5.41, 5.74) is 0.782. The Labute approximate surface area is 101 Å². The lowest BCUT2D eigenvalue weighted by Gasteiger charge is -2.08. The van der Waals surface area contributed by atoms with Crippen LogP contribution in [0.1, 0.15) is 30.0 Å². The van der Waals surface area contributed by atoms with Crippen LogP contribution in [0.25, 0.3) is 0 Å². The summed E-state index contributed by atoms with van der Waals surface area (Å²) in [5, 5.41) is 8.48. The lowest BCUT2D eigenvalue weighted by atomic mass is 10.0. The Morgan fingerprint density at radius 3 is 2.94 bits per heavy atom. The number of hydrogen-bond donors (Lipinski definition) is 0. The lowest BCUT2D eigenvalue weighted by molar-refractivity contribution is 0.146. The number of hydrogen-bond acceptors (Lipinski definition) is 3. The SMILES string of the molecule is N#CN=S1CCC(c2ccc(C(F)F)nc2)C1. The predicted molar refractivity (Wildman–Crippen MR) is 61.7 cm³/mol. The van der Waals surface area contributed by atoms with E-state index in [0.717, 1.165) is 23.5 Å². The van der Waals surface area contributed by atoms with Gasteiger partial charge in [-0.15, -0.1) is 0 Å². The van der Waals surface area contributed by atoms with Crippen LogP contribution in [-0.4, -0.2) is 16.5 Å². The summed E-state index contributed by atoms with van der Waals surface area (Å²) in [6.45, 7) is 0. The van der Waals surface area contributed by atoms with Gasteiger partial charge in [0.15, 0.2) is 0 Å². The largest absolute Gasteiger partial charge is 0.280 e. The van der Waals surface area contributed by atoms with E-state index in [4.69, 9.17) is 5.26 Å². The highest BCUT2D eigenvalue weighted by Gasteiger charge is 2.22. The third-order valence-corrected chi connectivity index (χ3v) is 4.60. The number of nitriles is 1. The number of rotatable bonds is 2. The van der Waals surface area contributed by atoms with Crippen LogP contribution in [0.4, 0.5) is 8.78 Å². The minimum absolute atomic E-state index is 0.184. The smallest absolute Gasteiger partial charge is 0.255 e. The van der Waals surface area contributed by atoms with Gasteiger partial charge in [0.05, 0.1) is 0 Å². The van der Waals surface area contributed by atoms with Crippen LogP contribution in [0.3, 0.4) is 0 Å². The lowest BCUT2D eigenvalue weighted by Crippen LogP contribution is -2.00. The van der Waals surface area contributed by atoms with Gasteiger partial charge in [0, 0.05) is 17.7 Å². The Morgan fingerprint density at radius 1 is 1.53 bits per heavy atom. The number of alkyl halides is 2. The highest BCUT2D eigenvalue weighted by atomic mass is 32.2. The highest BCUT2D eigenvalue weighted by molar-refractivity contribution is 7.87. The van der Waals surface area contributed by atoms with E-state index >= 15 is 0 Å². The fraction of sp³-hybridized carbons (Fsp3) is 0.455. The van der Waals surface area contributed by atoms with Crippen LogP contribution < -0.4 is 0 Å². The van der Waals surface area contributed by atoms with E-state index in [1.807, 2.05) is 6.19 Å². The zero-order valence-electron chi connectivity index (χ0n) is 9.01. The van der Waals surface area contributed by atoms with Crippen LogP contribution in [0.15, 0.2) is 22.7 Å². The summed E-state index contributed by atoms with van der Waals surface area (Å²) < 4.78 is 28.5. The van der Waals surface area contributed by atoms with Gasteiger partial charge in [-0.1, -0.05) is 16.8 Å². The standard InChI is InChI=1S/C11H11F2N3S/c12-11(13)10-2-1-8(5-15-10)9-3-4-17(6-9)16-7-14/h1-2,5,9,11H,3-4,6H2. The Morgan fingerprint density at radius 2 is 2.35 bits per heavy atom. The summed E-state index contributed by atoms with van der Waals surface area (Å²) in [6, 6.07) is 3.08. The maximum Gasteiger partial charge on any atom is 0.280 e. The molecule has 1 aliphatic heterocycles. The quantitative estimate of drug-likeness (QED) is 0.763. The zero-order chi connectivity index (χ0) is 12.3. The molecule has 0 saturated carbocycles. The van der Waals surface area contributed by atoms with E-state index in [1.54, 1.807) is 6.07 Å². The molecule has 2 unspecified atom stereocenters. The molecule has 0 aromatic carbocycles. The molecule has 1 saturated heterocycles. The highest BCUT2D eigenvalue weighted by Crippen LogP contribution is 2.28. The average molecular weight is 255 g/mol. The van der Waals surface area contributed by atoms with Gasteiger partial charge < -0.3 is 0 Å². The molecule has 0 amide bonds. The molecular formula is C11H11F2N3S. The van der Waals surface area contributed by atoms with Crippen LogP contribution in [0, 0.1) is 11.5 Å². The summed E-state index contributed by atoms with van der Waals surface area (Å²) >= 11 is 0. The van der Waals surface area contributed by atoms with Crippen molar-refractivity contribution in [3.8, 4) is 6.19 Å². The van der Waals surface area contributed by atoms with Crippen LogP contribution in [0.5, 0.6) is 0 Å². The Balaban J connectivity index is 2.10. The summed E-state index contributed by atoms with van der Waals surface area (Å²) in [6.07, 6.45) is 1.78. The summed E-state index contributed by atoms with van der Waals surface area (Å²) in [5.74, 6) is 2.05. The van der Waals surface area contributed by atoms with Crippen molar-refractivity contribution in [2.75, 3.05) is 11.5 Å². The third kappa shape index (κ3) is 2.86. The van der Waals surface area contributed by atoms with Gasteiger partial charge in [-0.3, -0.25) is 4.98 Å². The van der Waals surface area contributed by atoms with Crippen molar-refractivity contribution < 1.29 is 8.78 Å². The fourth-order valence-corrected chi connectivity index (χ4v) is 3.70. The molecule has 3 nitrogen and oxygen atoms in total. The van der Waals surface area contributed by atoms with E-state index < -0.39 is 6.43 Å². The maximum atomic E-state index is 12.3. The summed E-state index contributed by atoms with van der Waals surface area (Å²) in [7, 11) is -0.184. The second kappa shape index (κ2) is 5.32. The topological polar surface area (TPSA) is 49.0 Å². The van der Waals surface area contributed by atoms with Crippen LogP contribution in [-0.2, 0) is 10.7 Å². The van der Waals surface area contributed by atoms with E-state index in [-0.39, 0.29) is 16.4 Å². The van der Waals surface area contributed by atoms with Crippen molar-refractivity contribution in [3.63, 3.8) is 0 Å². The minimum Gasteiger partial charge on any atom is -0.255 e. The number of aromatic nitrogens is 1. The van der Waals surface area contributed by atoms with Gasteiger partial charge in [-0.2, -0.15) is 9.62 Å². The van der Waals surface area contributed by atoms with Crippen molar-refractivity contribution in [1.82, 2.24) is 4.98 Å². The first-order chi connectivity index (χ1) is 8.20. The van der Waals surface area contributed by atoms with Gasteiger partial charge in [0.25, 0.3) is 6.43 Å². The monoisotopic (exact) mass is 255 g/mol. The van der Waals surface area contributed by atoms with E-state index in [1.165, 1.54) is 12.3 Å². The molecule has 1 aromatic heterocycles. The van der Waals surface area contributed by atoms with E-state index in [9.17, 15) is 8.78 Å². The Hall–Kier alpha value is -1.35. The molecule has 0 bridgehead atoms. The summed E-state index contributed by atoms with van der Waals surface area (Å²) in [4.78, 5) is 3.75. The van der Waals surface area contributed by atoms with E-state index in [2.05, 4.69) is 9.35 Å². The molecule has 2 heterocycles. The van der Waals surface area contributed by atoms with E-state index in [0.29, 0.717) is 5.92 Å². The first kappa shape index (κ1) is 12.1. The average Bonchev–Trinajstić information content (AvgIpc) is 2.78. The molecule has 1 aromatic rings. The molecule has 0 aliphatic carbocycles. The van der Waals surface area contributed by atoms with Gasteiger partial charge in [0.1, 0.15) is 5.69 Å². The molecule has 1 aliphatic rings. The van der Waals surface area contributed by atoms with Crippen molar-refractivity contribution in [2.45, 2.75) is 18.8 Å². The molecule has 0 N–H and O–H groups in total. The van der Waals surface area contributed by atoms with Gasteiger partial charge in [0.2, 0.25) is 6.19 Å². The van der Waals surface area contributed by atoms with Crippen molar-refractivity contribution in [2.24, 2.45) is 4.36 Å². The predicted octanol–water partition coefficient (Wildman–Crippen LogP) is 2.79. The number of pyridine rings is 1. The first-order valence-corrected chi connectivity index (χ1v) is 6.74. The molecule has 1 fully saturated rings. The van der Waals surface area contributed by atoms with Crippen molar-refractivity contribution in [3.05, 3.63) is 29.6 Å². The second-order valence-corrected chi connectivity index (χ2v) is 5.68. The fourth-order valence-electron chi connectivity index (χ4n) is 1.87. The molecule has 0 radical (unpaired) electrons.